The molecular weight excluding hydrogens is 346 g/mol. The lowest BCUT2D eigenvalue weighted by Gasteiger charge is -2.23. The van der Waals surface area contributed by atoms with Gasteiger partial charge in [-0.3, -0.25) is 9.36 Å². The first kappa shape index (κ1) is 14.3. The van der Waals surface area contributed by atoms with Crippen LogP contribution in [0.25, 0.3) is 5.69 Å². The average Bonchev–Trinajstić information content (AvgIpc) is 3.29. The van der Waals surface area contributed by atoms with Gasteiger partial charge in [0.2, 0.25) is 0 Å². The van der Waals surface area contributed by atoms with E-state index in [0.717, 1.165) is 6.42 Å². The molecule has 3 heterocycles. The van der Waals surface area contributed by atoms with Crippen LogP contribution in [-0.2, 0) is 4.74 Å². The highest BCUT2D eigenvalue weighted by Gasteiger charge is 2.40. The number of hydrogen-bond acceptors (Lipinski definition) is 5. The number of nitrogens with zero attached hydrogens (tertiary/aromatic N) is 3. The fourth-order valence-electron chi connectivity index (χ4n) is 3.75. The molecule has 1 aromatic carbocycles. The number of fused-ring (bicyclic) bond motifs is 5. The molecule has 0 spiro atoms. The maximum absolute atomic E-state index is 13.3. The van der Waals surface area contributed by atoms with Crippen molar-refractivity contribution in [2.75, 3.05) is 20.2 Å². The van der Waals surface area contributed by atoms with Crippen LogP contribution in [-0.4, -0.2) is 46.5 Å². The third-order valence-corrected chi connectivity index (χ3v) is 4.95. The van der Waals surface area contributed by atoms with Crippen molar-refractivity contribution in [3.63, 3.8) is 0 Å². The summed E-state index contributed by atoms with van der Waals surface area (Å²) in [6.07, 6.45) is 3.01. The van der Waals surface area contributed by atoms with Crippen LogP contribution in [0.2, 0.25) is 0 Å². The Kier molecular flexibility index (Phi) is 3.55. The molecule has 0 N–H and O–H groups in total. The summed E-state index contributed by atoms with van der Waals surface area (Å²) in [6, 6.07) is 4.24. The van der Waals surface area contributed by atoms with E-state index in [-0.39, 0.29) is 35.9 Å². The molecule has 1 atom stereocenters. The molecule has 7 heteroatoms. The van der Waals surface area contributed by atoms with Crippen molar-refractivity contribution < 1.29 is 23.2 Å². The van der Waals surface area contributed by atoms with Gasteiger partial charge in [-0.2, -0.15) is 0 Å². The molecule has 142 valence electrons. The minimum atomic E-state index is -2.62. The van der Waals surface area contributed by atoms with E-state index >= 15 is 0 Å². The van der Waals surface area contributed by atoms with Gasteiger partial charge in [-0.1, -0.05) is 13.8 Å². The molecule has 4 rings (SSSR count). The molecule has 1 saturated heterocycles. The first-order valence-corrected chi connectivity index (χ1v) is 9.04. The monoisotopic (exact) mass is 372 g/mol. The number of aromatic nitrogens is 2. The summed E-state index contributed by atoms with van der Waals surface area (Å²) in [5, 5.41) is 0. The van der Waals surface area contributed by atoms with E-state index in [9.17, 15) is 9.59 Å². The second-order valence-electron chi connectivity index (χ2n) is 7.28. The molecule has 0 saturated carbocycles. The van der Waals surface area contributed by atoms with E-state index in [0.29, 0.717) is 29.9 Å². The van der Waals surface area contributed by atoms with Gasteiger partial charge in [-0.25, -0.2) is 9.78 Å². The quantitative estimate of drug-likeness (QED) is 0.772. The molecule has 1 fully saturated rings. The third-order valence-electron chi connectivity index (χ3n) is 4.95. The van der Waals surface area contributed by atoms with Crippen molar-refractivity contribution in [2.45, 2.75) is 32.7 Å². The Morgan fingerprint density at radius 1 is 1.44 bits per heavy atom. The molecule has 2 aromatic rings. The van der Waals surface area contributed by atoms with Gasteiger partial charge in [0, 0.05) is 6.54 Å². The van der Waals surface area contributed by atoms with Crippen molar-refractivity contribution in [2.24, 2.45) is 5.92 Å². The maximum Gasteiger partial charge on any atom is 0.358 e. The highest BCUT2D eigenvalue weighted by atomic mass is 16.5. The zero-order valence-corrected chi connectivity index (χ0v) is 15.3. The van der Waals surface area contributed by atoms with Gasteiger partial charge in [0.15, 0.2) is 5.69 Å². The van der Waals surface area contributed by atoms with Crippen LogP contribution in [0.15, 0.2) is 24.5 Å². The maximum atomic E-state index is 13.3. The van der Waals surface area contributed by atoms with E-state index in [2.05, 4.69) is 4.98 Å². The van der Waals surface area contributed by atoms with Crippen LogP contribution in [0, 0.1) is 5.92 Å². The van der Waals surface area contributed by atoms with Gasteiger partial charge < -0.3 is 14.4 Å². The second-order valence-corrected chi connectivity index (χ2v) is 7.28. The smallest absolute Gasteiger partial charge is 0.358 e. The number of ether oxygens (including phenoxy) is 2. The van der Waals surface area contributed by atoms with E-state index in [1.165, 1.54) is 18.5 Å². The number of benzene rings is 1. The third kappa shape index (κ3) is 2.87. The number of carbonyl (C=O) groups is 2. The van der Waals surface area contributed by atoms with Crippen molar-refractivity contribution >= 4 is 11.9 Å². The summed E-state index contributed by atoms with van der Waals surface area (Å²) in [4.78, 5) is 32.0. The number of rotatable bonds is 4. The number of hydrogen-bond donors (Lipinski definition) is 0. The largest absolute Gasteiger partial charge is 0.497 e. The van der Waals surface area contributed by atoms with Gasteiger partial charge in [0.1, 0.15) is 12.1 Å². The van der Waals surface area contributed by atoms with E-state index in [1.807, 2.05) is 13.8 Å². The van der Waals surface area contributed by atoms with Crippen LogP contribution in [0.1, 0.15) is 63.4 Å². The minimum absolute atomic E-state index is 0.0815. The zero-order valence-electron chi connectivity index (χ0n) is 18.3. The Bertz CT molecular complexity index is 1000. The molecule has 2 aliphatic rings. The number of amides is 1. The lowest BCUT2D eigenvalue weighted by atomic mass is 10.1. The topological polar surface area (TPSA) is 73.7 Å². The Labute approximate surface area is 162 Å². The van der Waals surface area contributed by atoms with Gasteiger partial charge >= 0.3 is 5.97 Å². The van der Waals surface area contributed by atoms with Gasteiger partial charge in [0.05, 0.1) is 40.7 Å². The van der Waals surface area contributed by atoms with Crippen molar-refractivity contribution in [1.29, 1.82) is 0 Å². The number of carbonyl (C=O) groups excluding carboxylic acids is 2. The summed E-state index contributed by atoms with van der Waals surface area (Å²) in [5.74, 6) is -0.466. The normalized spacial score (nSPS) is 20.1. The van der Waals surface area contributed by atoms with Crippen molar-refractivity contribution in [1.82, 2.24) is 14.5 Å². The predicted molar refractivity (Wildman–Crippen MR) is 98.2 cm³/mol. The summed E-state index contributed by atoms with van der Waals surface area (Å²) >= 11 is 0. The molecule has 2 aliphatic heterocycles. The van der Waals surface area contributed by atoms with Crippen LogP contribution >= 0.6 is 0 Å². The van der Waals surface area contributed by atoms with E-state index < -0.39 is 13.0 Å². The van der Waals surface area contributed by atoms with Crippen LogP contribution < -0.4 is 4.74 Å². The minimum Gasteiger partial charge on any atom is -0.497 e. The second kappa shape index (κ2) is 6.72. The Hall–Kier alpha value is -2.83. The standard InChI is InChI=1S/C20H23N3O4/c1-12(2)10-27-20(25)17-18-16-5-4-8-22(16)19(24)14-9-13(26-3)6-7-15(14)23(18)11-21-17/h6-7,9,11-12,16H,4-5,8,10H2,1-3H3/t16-/m0/s1/i3D3. The number of imidazole rings is 1. The van der Waals surface area contributed by atoms with Crippen molar-refractivity contribution in [3.8, 4) is 11.4 Å². The van der Waals surface area contributed by atoms with Gasteiger partial charge in [-0.15, -0.1) is 0 Å². The van der Waals surface area contributed by atoms with E-state index in [4.69, 9.17) is 13.6 Å². The predicted octanol–water partition coefficient (Wildman–Crippen LogP) is 2.98. The highest BCUT2D eigenvalue weighted by Crippen LogP contribution is 2.40. The van der Waals surface area contributed by atoms with Crippen LogP contribution in [0.3, 0.4) is 0 Å². The van der Waals surface area contributed by atoms with Gasteiger partial charge in [0.25, 0.3) is 5.91 Å². The molecule has 0 radical (unpaired) electrons. The fraction of sp³-hybridized carbons (Fsp3) is 0.450. The number of methoxy groups -OCH3 is 1. The van der Waals surface area contributed by atoms with Crippen LogP contribution in [0.4, 0.5) is 0 Å². The Morgan fingerprint density at radius 3 is 3.07 bits per heavy atom. The molecule has 1 amide bonds. The lowest BCUT2D eigenvalue weighted by molar-refractivity contribution is 0.0446. The first-order chi connectivity index (χ1) is 14.2. The SMILES string of the molecule is [2H]C([2H])([2H])Oc1ccc2c(c1)C(=O)N1CCC[C@H]1c1c(C(=O)OCC(C)C)ncn1-2. The molecule has 7 nitrogen and oxygen atoms in total. The molecule has 0 unspecified atom stereocenters. The zero-order chi connectivity index (χ0) is 21.6. The van der Waals surface area contributed by atoms with Crippen LogP contribution in [0.5, 0.6) is 5.75 Å². The molecule has 0 bridgehead atoms. The summed E-state index contributed by atoms with van der Waals surface area (Å²) in [6.45, 7) is 4.73. The molecule has 0 aliphatic carbocycles. The fourth-order valence-corrected chi connectivity index (χ4v) is 3.75. The first-order valence-electron chi connectivity index (χ1n) is 10.5. The summed E-state index contributed by atoms with van der Waals surface area (Å²) < 4.78 is 34.0. The number of esters is 1. The highest BCUT2D eigenvalue weighted by molar-refractivity contribution is 6.00. The van der Waals surface area contributed by atoms with Crippen molar-refractivity contribution in [3.05, 3.63) is 41.5 Å². The lowest BCUT2D eigenvalue weighted by Crippen LogP contribution is -2.30. The van der Waals surface area contributed by atoms with E-state index in [1.54, 1.807) is 15.5 Å². The Balaban J connectivity index is 1.81. The molecule has 1 aromatic heterocycles. The summed E-state index contributed by atoms with van der Waals surface area (Å²) in [7, 11) is -2.62. The van der Waals surface area contributed by atoms with Gasteiger partial charge in [-0.05, 0) is 37.0 Å². The molecule has 27 heavy (non-hydrogen) atoms. The molecular formula is C20H23N3O4. The average molecular weight is 372 g/mol. The Morgan fingerprint density at radius 2 is 2.30 bits per heavy atom. The summed E-state index contributed by atoms with van der Waals surface area (Å²) in [5.41, 5.74) is 1.66.